The fourth-order valence-electron chi connectivity index (χ4n) is 3.11. The maximum atomic E-state index is 11.4. The number of hydrogen-bond acceptors (Lipinski definition) is 4. The standard InChI is InChI=1S/C19H40O4S.K/c1-3-5-7-9-11-13-15-18(20)17-19(24(21,22)23)16-14-12-10-8-6-4-2;/h18-20H,3-17H2,1-2H3,(H,21,22,23);/q;+1/p-1. The van der Waals surface area contributed by atoms with Crippen molar-refractivity contribution in [3.63, 3.8) is 0 Å². The van der Waals surface area contributed by atoms with Crippen molar-refractivity contribution in [2.75, 3.05) is 0 Å². The van der Waals surface area contributed by atoms with E-state index in [1.165, 1.54) is 44.9 Å². The molecule has 0 aliphatic heterocycles. The second kappa shape index (κ2) is 18.9. The minimum Gasteiger partial charge on any atom is -0.748 e. The SMILES string of the molecule is CCCCCCCCC(O)CC(CCCCCCCC)S(=O)(=O)[O-].[K+]. The van der Waals surface area contributed by atoms with Crippen molar-refractivity contribution >= 4 is 10.1 Å². The molecule has 0 amide bonds. The molecule has 0 aliphatic carbocycles. The fraction of sp³-hybridized carbons (Fsp3) is 1.00. The van der Waals surface area contributed by atoms with Crippen LogP contribution in [-0.4, -0.2) is 29.4 Å². The van der Waals surface area contributed by atoms with Crippen molar-refractivity contribution in [1.29, 1.82) is 0 Å². The van der Waals surface area contributed by atoms with Gasteiger partial charge >= 0.3 is 51.4 Å². The van der Waals surface area contributed by atoms with Gasteiger partial charge in [-0.25, -0.2) is 8.42 Å². The summed E-state index contributed by atoms with van der Waals surface area (Å²) in [6.45, 7) is 4.34. The maximum absolute atomic E-state index is 11.4. The van der Waals surface area contributed by atoms with Gasteiger partial charge in [-0.3, -0.25) is 0 Å². The first kappa shape index (κ1) is 28.7. The van der Waals surface area contributed by atoms with Crippen LogP contribution in [0.4, 0.5) is 0 Å². The van der Waals surface area contributed by atoms with Crippen LogP contribution in [0, 0.1) is 0 Å². The van der Waals surface area contributed by atoms with Crippen LogP contribution >= 0.6 is 0 Å². The normalized spacial score (nSPS) is 14.1. The van der Waals surface area contributed by atoms with Gasteiger partial charge in [0.1, 0.15) is 0 Å². The van der Waals surface area contributed by atoms with E-state index in [2.05, 4.69) is 13.8 Å². The molecule has 0 bridgehead atoms. The molecular formula is C19H39KO4S. The quantitative estimate of drug-likeness (QED) is 0.230. The van der Waals surface area contributed by atoms with Crippen LogP contribution in [0.3, 0.4) is 0 Å². The Bertz CT molecular complexity index is 374. The van der Waals surface area contributed by atoms with Gasteiger partial charge in [0.25, 0.3) is 0 Å². The number of rotatable bonds is 17. The molecule has 0 heterocycles. The third-order valence-corrected chi connectivity index (χ3v) is 5.96. The molecule has 0 fully saturated rings. The Kier molecular flexibility index (Phi) is 21.7. The van der Waals surface area contributed by atoms with E-state index >= 15 is 0 Å². The van der Waals surface area contributed by atoms with Crippen molar-refractivity contribution in [1.82, 2.24) is 0 Å². The molecule has 0 saturated carbocycles. The van der Waals surface area contributed by atoms with Crippen LogP contribution in [0.15, 0.2) is 0 Å². The summed E-state index contributed by atoms with van der Waals surface area (Å²) in [5.74, 6) is 0. The number of hydrogen-bond donors (Lipinski definition) is 1. The zero-order valence-corrected chi connectivity index (χ0v) is 20.8. The number of aliphatic hydroxyl groups is 1. The Morgan fingerprint density at radius 1 is 0.760 bits per heavy atom. The summed E-state index contributed by atoms with van der Waals surface area (Å²) in [6.07, 6.45) is 13.7. The van der Waals surface area contributed by atoms with Crippen molar-refractivity contribution in [3.8, 4) is 0 Å². The molecule has 0 rings (SSSR count). The second-order valence-electron chi connectivity index (χ2n) is 7.12. The van der Waals surface area contributed by atoms with Crippen molar-refractivity contribution in [3.05, 3.63) is 0 Å². The monoisotopic (exact) mass is 402 g/mol. The van der Waals surface area contributed by atoms with E-state index in [0.717, 1.165) is 32.1 Å². The summed E-state index contributed by atoms with van der Waals surface area (Å²) in [4.78, 5) is 0. The Morgan fingerprint density at radius 3 is 1.60 bits per heavy atom. The van der Waals surface area contributed by atoms with E-state index in [1.807, 2.05) is 0 Å². The van der Waals surface area contributed by atoms with E-state index in [4.69, 9.17) is 0 Å². The minimum atomic E-state index is -4.31. The Hall–Kier alpha value is 1.51. The van der Waals surface area contributed by atoms with Crippen molar-refractivity contribution in [2.45, 2.75) is 122 Å². The van der Waals surface area contributed by atoms with Crippen molar-refractivity contribution in [2.24, 2.45) is 0 Å². The third-order valence-electron chi connectivity index (χ3n) is 4.71. The summed E-state index contributed by atoms with van der Waals surface area (Å²) in [6, 6.07) is 0. The molecule has 0 aromatic carbocycles. The summed E-state index contributed by atoms with van der Waals surface area (Å²) >= 11 is 0. The molecule has 2 unspecified atom stereocenters. The Morgan fingerprint density at radius 2 is 1.16 bits per heavy atom. The molecule has 4 nitrogen and oxygen atoms in total. The van der Waals surface area contributed by atoms with Crippen LogP contribution in [0.2, 0.25) is 0 Å². The molecule has 146 valence electrons. The van der Waals surface area contributed by atoms with Gasteiger partial charge < -0.3 is 9.66 Å². The molecule has 0 aromatic heterocycles. The summed E-state index contributed by atoms with van der Waals surface area (Å²) in [5, 5.41) is 9.14. The van der Waals surface area contributed by atoms with Gasteiger partial charge in [-0.1, -0.05) is 90.9 Å². The number of aliphatic hydroxyl groups excluding tert-OH is 1. The van der Waals surface area contributed by atoms with Crippen LogP contribution in [0.1, 0.15) is 110 Å². The first-order chi connectivity index (χ1) is 11.4. The van der Waals surface area contributed by atoms with Gasteiger partial charge in [0, 0.05) is 0 Å². The van der Waals surface area contributed by atoms with Gasteiger partial charge in [0.15, 0.2) is 0 Å². The average Bonchev–Trinajstić information content (AvgIpc) is 2.52. The maximum Gasteiger partial charge on any atom is 1.00 e. The molecule has 1 N–H and O–H groups in total. The minimum absolute atomic E-state index is 0. The molecule has 2 atom stereocenters. The third kappa shape index (κ3) is 18.6. The predicted octanol–water partition coefficient (Wildman–Crippen LogP) is 2.16. The van der Waals surface area contributed by atoms with Gasteiger partial charge in [-0.2, -0.15) is 0 Å². The van der Waals surface area contributed by atoms with Gasteiger partial charge in [-0.15, -0.1) is 0 Å². The zero-order chi connectivity index (χ0) is 18.3. The summed E-state index contributed by atoms with van der Waals surface area (Å²) in [7, 11) is -4.31. The van der Waals surface area contributed by atoms with E-state index in [9.17, 15) is 18.1 Å². The van der Waals surface area contributed by atoms with Crippen LogP contribution < -0.4 is 51.4 Å². The first-order valence-corrected chi connectivity index (χ1v) is 11.5. The molecule has 0 spiro atoms. The van der Waals surface area contributed by atoms with E-state index in [0.29, 0.717) is 12.8 Å². The van der Waals surface area contributed by atoms with Crippen LogP contribution in [0.25, 0.3) is 0 Å². The zero-order valence-electron chi connectivity index (χ0n) is 16.8. The average molecular weight is 403 g/mol. The first-order valence-electron chi connectivity index (χ1n) is 10.0. The van der Waals surface area contributed by atoms with Gasteiger partial charge in [0.2, 0.25) is 0 Å². The summed E-state index contributed by atoms with van der Waals surface area (Å²) in [5.41, 5.74) is 0. The second-order valence-corrected chi connectivity index (χ2v) is 8.77. The molecule has 6 heteroatoms. The van der Waals surface area contributed by atoms with Gasteiger partial charge in [-0.05, 0) is 19.3 Å². The molecule has 0 saturated heterocycles. The predicted molar refractivity (Wildman–Crippen MR) is 100 cm³/mol. The smallest absolute Gasteiger partial charge is 0.748 e. The molecule has 25 heavy (non-hydrogen) atoms. The molecule has 0 aromatic rings. The van der Waals surface area contributed by atoms with E-state index in [-0.39, 0.29) is 57.8 Å². The van der Waals surface area contributed by atoms with Crippen LogP contribution in [0.5, 0.6) is 0 Å². The number of unbranched alkanes of at least 4 members (excludes halogenated alkanes) is 10. The molecule has 0 radical (unpaired) electrons. The van der Waals surface area contributed by atoms with Crippen molar-refractivity contribution < 1.29 is 69.5 Å². The molecule has 0 aliphatic rings. The molecular weight excluding hydrogens is 363 g/mol. The summed E-state index contributed by atoms with van der Waals surface area (Å²) < 4.78 is 34.2. The largest absolute Gasteiger partial charge is 1.00 e. The Labute approximate surface area is 199 Å². The topological polar surface area (TPSA) is 77.4 Å². The van der Waals surface area contributed by atoms with E-state index < -0.39 is 21.5 Å². The van der Waals surface area contributed by atoms with Gasteiger partial charge in [0.05, 0.1) is 21.5 Å². The van der Waals surface area contributed by atoms with E-state index in [1.54, 1.807) is 0 Å². The van der Waals surface area contributed by atoms with Crippen LogP contribution in [-0.2, 0) is 10.1 Å². The Balaban J connectivity index is 0. The fourth-order valence-corrected chi connectivity index (χ4v) is 4.03.